The average molecular weight is 243 g/mol. The summed E-state index contributed by atoms with van der Waals surface area (Å²) in [4.78, 5) is 26.9. The van der Waals surface area contributed by atoms with Gasteiger partial charge < -0.3 is 5.32 Å². The zero-order valence-electron chi connectivity index (χ0n) is 9.96. The topological polar surface area (TPSA) is 64.0 Å². The van der Waals surface area contributed by atoms with Crippen LogP contribution in [0, 0.1) is 6.92 Å². The first-order valence-electron chi connectivity index (χ1n) is 5.52. The second-order valence-corrected chi connectivity index (χ2v) is 3.96. The largest absolute Gasteiger partial charge is 0.325 e. The Hall–Kier alpha value is -2.43. The number of aryl methyl sites for hydroxylation is 1. The Bertz CT molecular complexity index is 602. The van der Waals surface area contributed by atoms with Crippen molar-refractivity contribution in [2.75, 3.05) is 5.32 Å². The molecule has 1 N–H and O–H groups in total. The first-order chi connectivity index (χ1) is 8.65. The number of nitrogens with one attached hydrogen (secondary N) is 1. The van der Waals surface area contributed by atoms with Crippen molar-refractivity contribution in [2.24, 2.45) is 0 Å². The minimum absolute atomic E-state index is 0.0411. The maximum atomic E-state index is 11.7. The monoisotopic (exact) mass is 243 g/mol. The molecule has 5 nitrogen and oxygen atoms in total. The maximum absolute atomic E-state index is 11.7. The summed E-state index contributed by atoms with van der Waals surface area (Å²) in [6.45, 7) is 1.93. The summed E-state index contributed by atoms with van der Waals surface area (Å²) in [6.07, 6.45) is 2.74. The molecule has 2 aromatic rings. The van der Waals surface area contributed by atoms with Crippen LogP contribution in [0.4, 0.5) is 5.69 Å². The van der Waals surface area contributed by atoms with E-state index in [0.29, 0.717) is 5.69 Å². The van der Waals surface area contributed by atoms with E-state index in [1.54, 1.807) is 0 Å². The maximum Gasteiger partial charge on any atom is 0.253 e. The van der Waals surface area contributed by atoms with Crippen LogP contribution in [-0.2, 0) is 11.3 Å². The van der Waals surface area contributed by atoms with Crippen LogP contribution in [-0.4, -0.2) is 15.5 Å². The van der Waals surface area contributed by atoms with Crippen molar-refractivity contribution >= 4 is 11.6 Å². The van der Waals surface area contributed by atoms with E-state index in [1.807, 2.05) is 31.2 Å². The number of carbonyl (C=O) groups excluding carboxylic acids is 1. The van der Waals surface area contributed by atoms with Crippen LogP contribution in [0.15, 0.2) is 47.7 Å². The lowest BCUT2D eigenvalue weighted by Gasteiger charge is -2.06. The molecule has 1 aromatic carbocycles. The summed E-state index contributed by atoms with van der Waals surface area (Å²) in [6, 6.07) is 8.77. The molecule has 0 unspecified atom stereocenters. The van der Waals surface area contributed by atoms with Crippen LogP contribution >= 0.6 is 0 Å². The number of carbonyl (C=O) groups is 1. The molecular formula is C13H13N3O2. The van der Waals surface area contributed by atoms with Gasteiger partial charge in [0, 0.05) is 18.0 Å². The molecule has 5 heteroatoms. The van der Waals surface area contributed by atoms with Crippen LogP contribution in [0.1, 0.15) is 5.56 Å². The summed E-state index contributed by atoms with van der Waals surface area (Å²) in [7, 11) is 0. The number of rotatable bonds is 3. The molecule has 0 radical (unpaired) electrons. The first kappa shape index (κ1) is 12.0. The quantitative estimate of drug-likeness (QED) is 0.880. The summed E-state index contributed by atoms with van der Waals surface area (Å²) in [5.41, 5.74) is 1.59. The highest BCUT2D eigenvalue weighted by Crippen LogP contribution is 2.08. The van der Waals surface area contributed by atoms with E-state index in [1.165, 1.54) is 23.2 Å². The highest BCUT2D eigenvalue weighted by atomic mass is 16.2. The van der Waals surface area contributed by atoms with Gasteiger partial charge in [0.15, 0.2) is 0 Å². The van der Waals surface area contributed by atoms with Crippen molar-refractivity contribution in [2.45, 2.75) is 13.5 Å². The van der Waals surface area contributed by atoms with Crippen molar-refractivity contribution in [3.8, 4) is 0 Å². The molecule has 0 spiro atoms. The highest BCUT2D eigenvalue weighted by Gasteiger charge is 2.04. The van der Waals surface area contributed by atoms with E-state index < -0.39 is 0 Å². The molecule has 2 rings (SSSR count). The van der Waals surface area contributed by atoms with Crippen LogP contribution in [0.25, 0.3) is 0 Å². The van der Waals surface area contributed by atoms with E-state index in [0.717, 1.165) is 5.56 Å². The van der Waals surface area contributed by atoms with E-state index >= 15 is 0 Å². The molecule has 1 aromatic heterocycles. The van der Waals surface area contributed by atoms with E-state index in [4.69, 9.17) is 0 Å². The molecule has 0 fully saturated rings. The number of amides is 1. The van der Waals surface area contributed by atoms with Crippen molar-refractivity contribution in [3.05, 3.63) is 58.8 Å². The van der Waals surface area contributed by atoms with E-state index in [9.17, 15) is 9.59 Å². The molecule has 18 heavy (non-hydrogen) atoms. The molecule has 92 valence electrons. The van der Waals surface area contributed by atoms with Gasteiger partial charge in [0.2, 0.25) is 5.91 Å². The summed E-state index contributed by atoms with van der Waals surface area (Å²) in [5, 5.41) is 2.72. The van der Waals surface area contributed by atoms with Gasteiger partial charge in [0.05, 0.1) is 6.33 Å². The standard InChI is InChI=1S/C13H13N3O2/c1-10-2-4-11(5-3-10)15-12(17)8-16-9-14-7-6-13(16)18/h2-7,9H,8H2,1H3,(H,15,17). The molecule has 0 saturated heterocycles. The number of hydrogen-bond acceptors (Lipinski definition) is 3. The third-order valence-electron chi connectivity index (χ3n) is 2.44. The Kier molecular flexibility index (Phi) is 3.52. The number of aromatic nitrogens is 2. The normalized spacial score (nSPS) is 10.1. The van der Waals surface area contributed by atoms with Gasteiger partial charge in [-0.05, 0) is 19.1 Å². The van der Waals surface area contributed by atoms with E-state index in [-0.39, 0.29) is 18.0 Å². The third kappa shape index (κ3) is 3.04. The summed E-state index contributed by atoms with van der Waals surface area (Å²) >= 11 is 0. The summed E-state index contributed by atoms with van der Waals surface area (Å²) in [5.74, 6) is -0.256. The van der Waals surface area contributed by atoms with Gasteiger partial charge in [-0.3, -0.25) is 14.2 Å². The lowest BCUT2D eigenvalue weighted by atomic mass is 10.2. The first-order valence-corrected chi connectivity index (χ1v) is 5.52. The molecule has 0 saturated carbocycles. The Morgan fingerprint density at radius 2 is 2.00 bits per heavy atom. The number of benzene rings is 1. The molecule has 0 aliphatic rings. The second-order valence-electron chi connectivity index (χ2n) is 3.96. The van der Waals surface area contributed by atoms with Crippen molar-refractivity contribution in [1.82, 2.24) is 9.55 Å². The zero-order valence-corrected chi connectivity index (χ0v) is 9.96. The molecule has 1 amide bonds. The molecule has 0 atom stereocenters. The minimum Gasteiger partial charge on any atom is -0.325 e. The zero-order chi connectivity index (χ0) is 13.0. The number of hydrogen-bond donors (Lipinski definition) is 1. The molecule has 0 aliphatic heterocycles. The highest BCUT2D eigenvalue weighted by molar-refractivity contribution is 5.90. The fraction of sp³-hybridized carbons (Fsp3) is 0.154. The molecule has 0 aliphatic carbocycles. The number of anilines is 1. The Labute approximate surface area is 104 Å². The van der Waals surface area contributed by atoms with Crippen LogP contribution in [0.3, 0.4) is 0 Å². The van der Waals surface area contributed by atoms with E-state index in [2.05, 4.69) is 10.3 Å². The lowest BCUT2D eigenvalue weighted by Crippen LogP contribution is -2.26. The fourth-order valence-corrected chi connectivity index (χ4v) is 1.49. The molecule has 0 bridgehead atoms. The molecular weight excluding hydrogens is 230 g/mol. The van der Waals surface area contributed by atoms with Gasteiger partial charge in [0.1, 0.15) is 6.54 Å². The number of nitrogens with zero attached hydrogens (tertiary/aromatic N) is 2. The average Bonchev–Trinajstić information content (AvgIpc) is 2.35. The SMILES string of the molecule is Cc1ccc(NC(=O)Cn2cnccc2=O)cc1. The van der Waals surface area contributed by atoms with Crippen molar-refractivity contribution in [1.29, 1.82) is 0 Å². The van der Waals surface area contributed by atoms with Crippen LogP contribution in [0.5, 0.6) is 0 Å². The van der Waals surface area contributed by atoms with Gasteiger partial charge in [-0.2, -0.15) is 0 Å². The molecule has 1 heterocycles. The van der Waals surface area contributed by atoms with Crippen LogP contribution < -0.4 is 10.9 Å². The fourth-order valence-electron chi connectivity index (χ4n) is 1.49. The Morgan fingerprint density at radius 1 is 1.28 bits per heavy atom. The van der Waals surface area contributed by atoms with Crippen molar-refractivity contribution in [3.63, 3.8) is 0 Å². The van der Waals surface area contributed by atoms with Gasteiger partial charge in [-0.15, -0.1) is 0 Å². The minimum atomic E-state index is -0.256. The Morgan fingerprint density at radius 3 is 2.67 bits per heavy atom. The van der Waals surface area contributed by atoms with Crippen LogP contribution in [0.2, 0.25) is 0 Å². The van der Waals surface area contributed by atoms with Gasteiger partial charge >= 0.3 is 0 Å². The predicted molar refractivity (Wildman–Crippen MR) is 68.3 cm³/mol. The van der Waals surface area contributed by atoms with Crippen molar-refractivity contribution < 1.29 is 4.79 Å². The second kappa shape index (κ2) is 5.27. The van der Waals surface area contributed by atoms with Gasteiger partial charge in [-0.25, -0.2) is 4.98 Å². The third-order valence-corrected chi connectivity index (χ3v) is 2.44. The Balaban J connectivity index is 2.03. The predicted octanol–water partition coefficient (Wildman–Crippen LogP) is 1.19. The smallest absolute Gasteiger partial charge is 0.253 e. The van der Waals surface area contributed by atoms with Gasteiger partial charge in [-0.1, -0.05) is 17.7 Å². The summed E-state index contributed by atoms with van der Waals surface area (Å²) < 4.78 is 1.25. The lowest BCUT2D eigenvalue weighted by molar-refractivity contribution is -0.116. The van der Waals surface area contributed by atoms with Gasteiger partial charge in [0.25, 0.3) is 5.56 Å².